The van der Waals surface area contributed by atoms with E-state index in [1.54, 1.807) is 0 Å². The number of aromatic nitrogens is 4. The van der Waals surface area contributed by atoms with E-state index >= 15 is 0 Å². The van der Waals surface area contributed by atoms with Gasteiger partial charge in [0, 0.05) is 6.20 Å². The fourth-order valence-electron chi connectivity index (χ4n) is 1.88. The molecule has 0 spiro atoms. The van der Waals surface area contributed by atoms with E-state index in [0.29, 0.717) is 11.3 Å². The highest BCUT2D eigenvalue weighted by molar-refractivity contribution is 5.86. The van der Waals surface area contributed by atoms with Crippen molar-refractivity contribution in [1.82, 2.24) is 20.0 Å². The topological polar surface area (TPSA) is 80.9 Å². The van der Waals surface area contributed by atoms with E-state index in [2.05, 4.69) is 15.3 Å². The van der Waals surface area contributed by atoms with Gasteiger partial charge in [0.15, 0.2) is 5.69 Å². The van der Waals surface area contributed by atoms with Crippen molar-refractivity contribution in [2.75, 3.05) is 0 Å². The summed E-state index contributed by atoms with van der Waals surface area (Å²) in [5.41, 5.74) is 1.04. The van der Waals surface area contributed by atoms with Gasteiger partial charge in [-0.2, -0.15) is 0 Å². The first-order valence-corrected chi connectivity index (χ1v) is 5.75. The zero-order valence-electron chi connectivity index (χ0n) is 10.5. The van der Waals surface area contributed by atoms with Gasteiger partial charge in [-0.25, -0.2) is 13.9 Å². The van der Waals surface area contributed by atoms with Crippen LogP contribution in [-0.2, 0) is 6.54 Å². The number of carboxylic acids is 1. The highest BCUT2D eigenvalue weighted by Gasteiger charge is 2.21. The van der Waals surface area contributed by atoms with Gasteiger partial charge in [0.1, 0.15) is 5.82 Å². The summed E-state index contributed by atoms with van der Waals surface area (Å²) in [6.45, 7) is 3.94. The molecule has 0 saturated carbocycles. The quantitative estimate of drug-likeness (QED) is 0.908. The van der Waals surface area contributed by atoms with E-state index in [9.17, 15) is 9.18 Å². The van der Waals surface area contributed by atoms with E-state index in [0.717, 1.165) is 6.20 Å². The number of pyridine rings is 1. The number of aromatic carboxylic acids is 1. The molecule has 2 rings (SSSR count). The molecule has 0 aliphatic heterocycles. The average Bonchev–Trinajstić information content (AvgIpc) is 2.73. The molecule has 7 heteroatoms. The lowest BCUT2D eigenvalue weighted by atomic mass is 10.1. The number of rotatable bonds is 4. The fourth-order valence-corrected chi connectivity index (χ4v) is 1.88. The number of carboxylic acid groups (broad SMARTS) is 1. The summed E-state index contributed by atoms with van der Waals surface area (Å²) in [6.07, 6.45) is 2.62. The van der Waals surface area contributed by atoms with Gasteiger partial charge in [0.25, 0.3) is 0 Å². The molecular weight excluding hydrogens is 251 g/mol. The van der Waals surface area contributed by atoms with Crippen LogP contribution >= 0.6 is 0 Å². The summed E-state index contributed by atoms with van der Waals surface area (Å²) >= 11 is 0. The maximum Gasteiger partial charge on any atom is 0.358 e. The SMILES string of the molecule is CC(C)c1c(C(=O)O)nnn1Cc1cncc(F)c1. The van der Waals surface area contributed by atoms with E-state index in [1.807, 2.05) is 13.8 Å². The lowest BCUT2D eigenvalue weighted by molar-refractivity contribution is 0.0688. The molecule has 0 fully saturated rings. The number of carbonyl (C=O) groups is 1. The van der Waals surface area contributed by atoms with Crippen LogP contribution in [0.15, 0.2) is 18.5 Å². The second-order valence-corrected chi connectivity index (χ2v) is 4.45. The Balaban J connectivity index is 2.38. The minimum atomic E-state index is -1.12. The number of hydrogen-bond donors (Lipinski definition) is 1. The van der Waals surface area contributed by atoms with E-state index in [4.69, 9.17) is 5.11 Å². The molecular formula is C12H13FN4O2. The zero-order valence-corrected chi connectivity index (χ0v) is 10.5. The Kier molecular flexibility index (Phi) is 3.55. The number of halogens is 1. The lowest BCUT2D eigenvalue weighted by Gasteiger charge is -2.09. The molecule has 0 saturated heterocycles. The van der Waals surface area contributed by atoms with Gasteiger partial charge >= 0.3 is 5.97 Å². The minimum absolute atomic E-state index is 0.0531. The van der Waals surface area contributed by atoms with Crippen molar-refractivity contribution in [2.45, 2.75) is 26.3 Å². The molecule has 0 aliphatic carbocycles. The molecule has 0 aromatic carbocycles. The molecule has 100 valence electrons. The zero-order chi connectivity index (χ0) is 14.0. The van der Waals surface area contributed by atoms with Gasteiger partial charge in [0.05, 0.1) is 18.4 Å². The highest BCUT2D eigenvalue weighted by Crippen LogP contribution is 2.18. The predicted molar refractivity (Wildman–Crippen MR) is 64.4 cm³/mol. The average molecular weight is 264 g/mol. The monoisotopic (exact) mass is 264 g/mol. The van der Waals surface area contributed by atoms with Crippen molar-refractivity contribution in [3.63, 3.8) is 0 Å². The first kappa shape index (κ1) is 13.1. The van der Waals surface area contributed by atoms with Gasteiger partial charge in [-0.3, -0.25) is 4.98 Å². The smallest absolute Gasteiger partial charge is 0.358 e. The molecule has 0 unspecified atom stereocenters. The summed E-state index contributed by atoms with van der Waals surface area (Å²) < 4.78 is 14.5. The molecule has 0 radical (unpaired) electrons. The number of nitrogens with zero attached hydrogens (tertiary/aromatic N) is 4. The van der Waals surface area contributed by atoms with Gasteiger partial charge in [0.2, 0.25) is 0 Å². The van der Waals surface area contributed by atoms with E-state index < -0.39 is 11.8 Å². The molecule has 2 aromatic rings. The maximum atomic E-state index is 13.1. The minimum Gasteiger partial charge on any atom is -0.476 e. The Morgan fingerprint density at radius 1 is 1.47 bits per heavy atom. The third-order valence-corrected chi connectivity index (χ3v) is 2.62. The van der Waals surface area contributed by atoms with Crippen LogP contribution in [0, 0.1) is 5.82 Å². The Bertz CT molecular complexity index is 610. The van der Waals surface area contributed by atoms with Crippen molar-refractivity contribution < 1.29 is 14.3 Å². The first-order valence-electron chi connectivity index (χ1n) is 5.75. The Hall–Kier alpha value is -2.31. The van der Waals surface area contributed by atoms with E-state index in [1.165, 1.54) is 16.9 Å². The van der Waals surface area contributed by atoms with Crippen LogP contribution in [0.25, 0.3) is 0 Å². The molecule has 2 heterocycles. The second-order valence-electron chi connectivity index (χ2n) is 4.45. The maximum absolute atomic E-state index is 13.1. The van der Waals surface area contributed by atoms with Crippen LogP contribution in [-0.4, -0.2) is 31.1 Å². The summed E-state index contributed by atoms with van der Waals surface area (Å²) in [5.74, 6) is -1.61. The third-order valence-electron chi connectivity index (χ3n) is 2.62. The summed E-state index contributed by atoms with van der Waals surface area (Å²) in [4.78, 5) is 14.8. The van der Waals surface area contributed by atoms with Crippen molar-refractivity contribution in [1.29, 1.82) is 0 Å². The molecule has 0 atom stereocenters. The summed E-state index contributed by atoms with van der Waals surface area (Å²) in [5, 5.41) is 16.5. The van der Waals surface area contributed by atoms with Crippen LogP contribution in [0.5, 0.6) is 0 Å². The Morgan fingerprint density at radius 3 is 2.79 bits per heavy atom. The molecule has 19 heavy (non-hydrogen) atoms. The van der Waals surface area contributed by atoms with Gasteiger partial charge in [-0.05, 0) is 17.5 Å². The standard InChI is InChI=1S/C12H13FN4O2/c1-7(2)11-10(12(18)19)15-16-17(11)6-8-3-9(13)5-14-4-8/h3-5,7H,6H2,1-2H3,(H,18,19). The van der Waals surface area contributed by atoms with Crippen LogP contribution < -0.4 is 0 Å². The van der Waals surface area contributed by atoms with Gasteiger partial charge in [-0.15, -0.1) is 5.10 Å². The highest BCUT2D eigenvalue weighted by atomic mass is 19.1. The number of hydrogen-bond acceptors (Lipinski definition) is 4. The molecule has 1 N–H and O–H groups in total. The Morgan fingerprint density at radius 2 is 2.21 bits per heavy atom. The van der Waals surface area contributed by atoms with E-state index in [-0.39, 0.29) is 18.2 Å². The molecule has 0 aliphatic rings. The summed E-state index contributed by atoms with van der Waals surface area (Å²) in [7, 11) is 0. The molecule has 0 amide bonds. The van der Waals surface area contributed by atoms with Crippen molar-refractivity contribution in [3.8, 4) is 0 Å². The summed E-state index contributed by atoms with van der Waals surface area (Å²) in [6, 6.07) is 1.33. The van der Waals surface area contributed by atoms with Crippen LogP contribution in [0.3, 0.4) is 0 Å². The molecule has 2 aromatic heterocycles. The van der Waals surface area contributed by atoms with Crippen molar-refractivity contribution in [2.24, 2.45) is 0 Å². The van der Waals surface area contributed by atoms with Crippen LogP contribution in [0.1, 0.15) is 41.5 Å². The van der Waals surface area contributed by atoms with Crippen molar-refractivity contribution >= 4 is 5.97 Å². The lowest BCUT2D eigenvalue weighted by Crippen LogP contribution is -2.11. The normalized spacial score (nSPS) is 10.9. The Labute approximate surface area is 108 Å². The van der Waals surface area contributed by atoms with Gasteiger partial charge < -0.3 is 5.11 Å². The van der Waals surface area contributed by atoms with Gasteiger partial charge in [-0.1, -0.05) is 19.1 Å². The molecule has 0 bridgehead atoms. The molecule has 6 nitrogen and oxygen atoms in total. The van der Waals surface area contributed by atoms with Crippen molar-refractivity contribution in [3.05, 3.63) is 41.2 Å². The second kappa shape index (κ2) is 5.13. The predicted octanol–water partition coefficient (Wildman–Crippen LogP) is 1.68. The fraction of sp³-hybridized carbons (Fsp3) is 0.333. The third kappa shape index (κ3) is 2.75. The van der Waals surface area contributed by atoms with Crippen LogP contribution in [0.4, 0.5) is 4.39 Å². The first-order chi connectivity index (χ1) is 8.99. The largest absolute Gasteiger partial charge is 0.476 e. The van der Waals surface area contributed by atoms with Crippen LogP contribution in [0.2, 0.25) is 0 Å².